The van der Waals surface area contributed by atoms with Crippen molar-refractivity contribution in [3.05, 3.63) is 71.8 Å². The van der Waals surface area contributed by atoms with Crippen LogP contribution in [-0.2, 0) is 0 Å². The van der Waals surface area contributed by atoms with E-state index >= 15 is 0 Å². The lowest BCUT2D eigenvalue weighted by molar-refractivity contribution is 0.102. The average molecular weight is 334 g/mol. The van der Waals surface area contributed by atoms with Gasteiger partial charge in [0.15, 0.2) is 0 Å². The summed E-state index contributed by atoms with van der Waals surface area (Å²) in [5, 5.41) is 3.94. The van der Waals surface area contributed by atoms with E-state index < -0.39 is 0 Å². The van der Waals surface area contributed by atoms with Crippen molar-refractivity contribution in [1.82, 2.24) is 14.5 Å². The molecule has 0 saturated carbocycles. The van der Waals surface area contributed by atoms with Crippen molar-refractivity contribution >= 4 is 33.1 Å². The lowest BCUT2D eigenvalue weighted by Gasteiger charge is -2.07. The molecule has 0 aliphatic rings. The third kappa shape index (κ3) is 2.79. The van der Waals surface area contributed by atoms with E-state index in [-0.39, 0.29) is 5.91 Å². The first-order valence-electron chi connectivity index (χ1n) is 7.46. The molecule has 118 valence electrons. The maximum absolute atomic E-state index is 12.4. The average Bonchev–Trinajstić information content (AvgIpc) is 3.23. The first-order valence-corrected chi connectivity index (χ1v) is 8.28. The third-order valence-corrected chi connectivity index (χ3v) is 4.64. The molecule has 2 aromatic carbocycles. The molecule has 0 spiro atoms. The predicted molar refractivity (Wildman–Crippen MR) is 95.9 cm³/mol. The van der Waals surface area contributed by atoms with Gasteiger partial charge in [0, 0.05) is 29.3 Å². The van der Waals surface area contributed by atoms with Gasteiger partial charge in [-0.15, -0.1) is 11.3 Å². The highest BCUT2D eigenvalue weighted by Crippen LogP contribution is 2.24. The van der Waals surface area contributed by atoms with Gasteiger partial charge < -0.3 is 9.88 Å². The van der Waals surface area contributed by atoms with Crippen molar-refractivity contribution in [2.45, 2.75) is 6.92 Å². The molecule has 24 heavy (non-hydrogen) atoms. The normalized spacial score (nSPS) is 10.9. The predicted octanol–water partition coefficient (Wildman–Crippen LogP) is 4.04. The second-order valence-electron chi connectivity index (χ2n) is 5.39. The molecule has 0 unspecified atom stereocenters. The first kappa shape index (κ1) is 14.6. The number of aromatic nitrogens is 3. The van der Waals surface area contributed by atoms with Crippen LogP contribution in [0.2, 0.25) is 0 Å². The molecule has 0 aliphatic carbocycles. The van der Waals surface area contributed by atoms with Crippen molar-refractivity contribution in [1.29, 1.82) is 0 Å². The van der Waals surface area contributed by atoms with Crippen molar-refractivity contribution in [2.75, 3.05) is 5.32 Å². The van der Waals surface area contributed by atoms with Gasteiger partial charge in [-0.1, -0.05) is 0 Å². The minimum atomic E-state index is -0.140. The molecular formula is C18H14N4OS. The molecule has 2 heterocycles. The first-order chi connectivity index (χ1) is 11.7. The molecule has 0 saturated heterocycles. The fraction of sp³-hybridized carbons (Fsp3) is 0.0556. The van der Waals surface area contributed by atoms with Crippen LogP contribution in [-0.4, -0.2) is 20.4 Å². The van der Waals surface area contributed by atoms with Gasteiger partial charge in [-0.3, -0.25) is 4.79 Å². The van der Waals surface area contributed by atoms with Crippen LogP contribution in [0.1, 0.15) is 15.4 Å². The van der Waals surface area contributed by atoms with Gasteiger partial charge in [-0.05, 0) is 49.4 Å². The number of hydrogen-bond donors (Lipinski definition) is 1. The highest BCUT2D eigenvalue weighted by Gasteiger charge is 2.08. The molecule has 5 nitrogen and oxygen atoms in total. The lowest BCUT2D eigenvalue weighted by Crippen LogP contribution is -2.11. The molecule has 1 N–H and O–H groups in total. The second kappa shape index (κ2) is 5.90. The number of imidazole rings is 1. The zero-order valence-electron chi connectivity index (χ0n) is 12.9. The topological polar surface area (TPSA) is 59.8 Å². The molecular weight excluding hydrogens is 320 g/mol. The number of benzene rings is 2. The Morgan fingerprint density at radius 1 is 1.17 bits per heavy atom. The monoisotopic (exact) mass is 334 g/mol. The fourth-order valence-electron chi connectivity index (χ4n) is 2.52. The van der Waals surface area contributed by atoms with Crippen LogP contribution < -0.4 is 5.32 Å². The van der Waals surface area contributed by atoms with Crippen molar-refractivity contribution in [3.8, 4) is 5.69 Å². The van der Waals surface area contributed by atoms with E-state index in [1.807, 2.05) is 48.0 Å². The van der Waals surface area contributed by atoms with Crippen LogP contribution in [0, 0.1) is 6.92 Å². The lowest BCUT2D eigenvalue weighted by atomic mass is 10.2. The number of nitrogens with zero attached hydrogens (tertiary/aromatic N) is 3. The molecule has 0 bridgehead atoms. The van der Waals surface area contributed by atoms with Gasteiger partial charge in [0.2, 0.25) is 0 Å². The summed E-state index contributed by atoms with van der Waals surface area (Å²) >= 11 is 1.65. The summed E-state index contributed by atoms with van der Waals surface area (Å²) < 4.78 is 3.01. The molecule has 2 aromatic heterocycles. The molecule has 0 aliphatic heterocycles. The molecule has 4 rings (SSSR count). The minimum Gasteiger partial charge on any atom is -0.322 e. The Labute approximate surface area is 142 Å². The number of nitrogens with one attached hydrogen (secondary N) is 1. The summed E-state index contributed by atoms with van der Waals surface area (Å²) in [6.07, 6.45) is 5.30. The van der Waals surface area contributed by atoms with Gasteiger partial charge in [0.1, 0.15) is 0 Å². The van der Waals surface area contributed by atoms with E-state index in [0.717, 1.165) is 26.6 Å². The summed E-state index contributed by atoms with van der Waals surface area (Å²) in [5.74, 6) is -0.140. The zero-order valence-corrected chi connectivity index (χ0v) is 13.7. The van der Waals surface area contributed by atoms with Crippen molar-refractivity contribution in [2.24, 2.45) is 0 Å². The molecule has 0 radical (unpaired) electrons. The van der Waals surface area contributed by atoms with E-state index in [1.54, 1.807) is 36.0 Å². The number of rotatable bonds is 3. The Hall–Kier alpha value is -2.99. The van der Waals surface area contributed by atoms with E-state index in [4.69, 9.17) is 0 Å². The third-order valence-electron chi connectivity index (χ3n) is 3.68. The Kier molecular flexibility index (Phi) is 3.59. The number of carbonyl (C=O) groups is 1. The van der Waals surface area contributed by atoms with Crippen LogP contribution in [0.4, 0.5) is 5.69 Å². The largest absolute Gasteiger partial charge is 0.322 e. The van der Waals surface area contributed by atoms with E-state index in [2.05, 4.69) is 15.3 Å². The second-order valence-corrected chi connectivity index (χ2v) is 6.62. The van der Waals surface area contributed by atoms with E-state index in [0.29, 0.717) is 5.56 Å². The molecule has 4 aromatic rings. The SMILES string of the molecule is Cc1nc2cc(NC(=O)c3ccc(-n4ccnc4)cc3)ccc2s1. The number of carbonyl (C=O) groups excluding carboxylic acids is 1. The van der Waals surface area contributed by atoms with Crippen LogP contribution in [0.15, 0.2) is 61.2 Å². The van der Waals surface area contributed by atoms with Gasteiger partial charge >= 0.3 is 0 Å². The number of amides is 1. The summed E-state index contributed by atoms with van der Waals surface area (Å²) in [6, 6.07) is 13.2. The number of hydrogen-bond acceptors (Lipinski definition) is 4. The summed E-state index contributed by atoms with van der Waals surface area (Å²) in [7, 11) is 0. The molecule has 1 amide bonds. The van der Waals surface area contributed by atoms with Gasteiger partial charge in [-0.25, -0.2) is 9.97 Å². The summed E-state index contributed by atoms with van der Waals surface area (Å²) in [6.45, 7) is 1.98. The Balaban J connectivity index is 1.54. The highest BCUT2D eigenvalue weighted by molar-refractivity contribution is 7.18. The van der Waals surface area contributed by atoms with Crippen molar-refractivity contribution in [3.63, 3.8) is 0 Å². The highest BCUT2D eigenvalue weighted by atomic mass is 32.1. The standard InChI is InChI=1S/C18H14N4OS/c1-12-20-16-10-14(4-7-17(16)24-12)21-18(23)13-2-5-15(6-3-13)22-9-8-19-11-22/h2-11H,1H3,(H,21,23). The maximum Gasteiger partial charge on any atom is 0.255 e. The molecule has 6 heteroatoms. The number of thiazole rings is 1. The number of fused-ring (bicyclic) bond motifs is 1. The molecule has 0 fully saturated rings. The van der Waals surface area contributed by atoms with Gasteiger partial charge in [-0.2, -0.15) is 0 Å². The maximum atomic E-state index is 12.4. The smallest absolute Gasteiger partial charge is 0.255 e. The van der Waals surface area contributed by atoms with Crippen LogP contribution in [0.5, 0.6) is 0 Å². The van der Waals surface area contributed by atoms with Crippen LogP contribution in [0.3, 0.4) is 0 Å². The Morgan fingerprint density at radius 2 is 2.00 bits per heavy atom. The quantitative estimate of drug-likeness (QED) is 0.615. The molecule has 0 atom stereocenters. The Bertz CT molecular complexity index is 1000. The van der Waals surface area contributed by atoms with E-state index in [9.17, 15) is 4.79 Å². The zero-order chi connectivity index (χ0) is 16.5. The summed E-state index contributed by atoms with van der Waals surface area (Å²) in [4.78, 5) is 20.9. The van der Waals surface area contributed by atoms with Gasteiger partial charge in [0.05, 0.1) is 21.6 Å². The fourth-order valence-corrected chi connectivity index (χ4v) is 3.33. The van der Waals surface area contributed by atoms with Crippen molar-refractivity contribution < 1.29 is 4.79 Å². The van der Waals surface area contributed by atoms with E-state index in [1.165, 1.54) is 0 Å². The Morgan fingerprint density at radius 3 is 2.75 bits per heavy atom. The minimum absolute atomic E-state index is 0.140. The number of aryl methyl sites for hydroxylation is 1. The van der Waals surface area contributed by atoms with Gasteiger partial charge in [0.25, 0.3) is 5.91 Å². The summed E-state index contributed by atoms with van der Waals surface area (Å²) in [5.41, 5.74) is 3.22. The van der Waals surface area contributed by atoms with Crippen LogP contribution >= 0.6 is 11.3 Å². The van der Waals surface area contributed by atoms with Crippen LogP contribution in [0.25, 0.3) is 15.9 Å². The number of anilines is 1.